The summed E-state index contributed by atoms with van der Waals surface area (Å²) in [4.78, 5) is 28.4. The maximum absolute atomic E-state index is 11.9. The number of unbranched alkanes of at least 4 members (excludes halogenated alkanes) is 1. The van der Waals surface area contributed by atoms with Crippen LogP contribution in [0.1, 0.15) is 51.4 Å². The first-order valence-electron chi connectivity index (χ1n) is 10.4. The van der Waals surface area contributed by atoms with Crippen molar-refractivity contribution in [3.8, 4) is 0 Å². The second-order valence-corrected chi connectivity index (χ2v) is 8.10. The van der Waals surface area contributed by atoms with Gasteiger partial charge in [0.25, 0.3) is 0 Å². The van der Waals surface area contributed by atoms with Gasteiger partial charge in [0.15, 0.2) is 0 Å². The van der Waals surface area contributed by atoms with E-state index < -0.39 is 17.7 Å². The van der Waals surface area contributed by atoms with Crippen LogP contribution in [0.4, 0.5) is 10.5 Å². The Hall–Kier alpha value is -2.61. The lowest BCUT2D eigenvalue weighted by molar-refractivity contribution is -0.136. The molecule has 2 N–H and O–H groups in total. The fourth-order valence-corrected chi connectivity index (χ4v) is 2.96. The zero-order valence-corrected chi connectivity index (χ0v) is 18.4. The van der Waals surface area contributed by atoms with Crippen molar-refractivity contribution in [2.45, 2.75) is 58.5 Å². The van der Waals surface area contributed by atoms with Crippen LogP contribution in [0.15, 0.2) is 23.9 Å². The quantitative estimate of drug-likeness (QED) is 0.360. The van der Waals surface area contributed by atoms with Gasteiger partial charge in [0, 0.05) is 18.8 Å². The van der Waals surface area contributed by atoms with Crippen LogP contribution in [0.2, 0.25) is 0 Å². The highest BCUT2D eigenvalue weighted by Gasteiger charge is 2.19. The molecule has 1 aromatic heterocycles. The summed E-state index contributed by atoms with van der Waals surface area (Å²) in [7, 11) is 1.25. The van der Waals surface area contributed by atoms with Crippen LogP contribution in [0, 0.1) is 0 Å². The smallest absolute Gasteiger partial charge is 0.412 e. The van der Waals surface area contributed by atoms with Gasteiger partial charge in [-0.25, -0.2) is 9.59 Å². The number of nitrogens with zero attached hydrogens (tertiary/aromatic N) is 1. The van der Waals surface area contributed by atoms with Crippen molar-refractivity contribution in [3.05, 3.63) is 35.3 Å². The minimum Gasteiger partial charge on any atom is -0.464 e. The van der Waals surface area contributed by atoms with Crippen molar-refractivity contribution in [2.75, 3.05) is 32.2 Å². The molecule has 1 aliphatic heterocycles. The monoisotopic (exact) mass is 419 g/mol. The van der Waals surface area contributed by atoms with E-state index in [1.165, 1.54) is 13.2 Å². The number of hydrogen-bond donors (Lipinski definition) is 2. The summed E-state index contributed by atoms with van der Waals surface area (Å²) >= 11 is 0. The molecule has 1 aromatic rings. The number of nitrogens with one attached hydrogen (secondary N) is 2. The van der Waals surface area contributed by atoms with Crippen molar-refractivity contribution in [3.63, 3.8) is 0 Å². The summed E-state index contributed by atoms with van der Waals surface area (Å²) < 4.78 is 15.4. The molecule has 0 aromatic carbocycles. The van der Waals surface area contributed by atoms with E-state index in [4.69, 9.17) is 14.5 Å². The van der Waals surface area contributed by atoms with Crippen molar-refractivity contribution in [2.24, 2.45) is 0 Å². The highest BCUT2D eigenvalue weighted by Crippen LogP contribution is 2.20. The van der Waals surface area contributed by atoms with Gasteiger partial charge >= 0.3 is 12.1 Å². The van der Waals surface area contributed by atoms with E-state index in [1.54, 1.807) is 20.8 Å². The molecule has 0 saturated carbocycles. The lowest BCUT2D eigenvalue weighted by Gasteiger charge is -2.20. The standard InChI is InChI=1S/C22H33N3O5/c1-22(2,3)30-21(27)25-19(20(26)28-4)12-15-29-14-6-5-8-16-10-11-17-18(24-16)9-7-13-23-17/h10-12,23H,5-9,13-15H2,1-4H3,(H,25,27). The topological polar surface area (TPSA) is 98.8 Å². The number of methoxy groups -OCH3 is 1. The molecule has 0 aliphatic carbocycles. The highest BCUT2D eigenvalue weighted by molar-refractivity contribution is 5.92. The largest absolute Gasteiger partial charge is 0.464 e. The van der Waals surface area contributed by atoms with E-state index in [1.807, 2.05) is 0 Å². The number of pyridine rings is 1. The number of aryl methyl sites for hydroxylation is 2. The average Bonchev–Trinajstić information content (AvgIpc) is 2.70. The number of carbonyl (C=O) groups excluding carboxylic acids is 2. The Balaban J connectivity index is 1.70. The molecular formula is C22H33N3O5. The van der Waals surface area contributed by atoms with E-state index in [0.29, 0.717) is 6.61 Å². The van der Waals surface area contributed by atoms with Gasteiger partial charge in [-0.05, 0) is 71.1 Å². The molecule has 0 saturated heterocycles. The summed E-state index contributed by atoms with van der Waals surface area (Å²) in [6.45, 7) is 6.98. The summed E-state index contributed by atoms with van der Waals surface area (Å²) in [5.41, 5.74) is 2.76. The number of anilines is 1. The van der Waals surface area contributed by atoms with Crippen LogP contribution in [0.25, 0.3) is 0 Å². The van der Waals surface area contributed by atoms with Gasteiger partial charge in [0.05, 0.1) is 25.1 Å². The summed E-state index contributed by atoms with van der Waals surface area (Å²) in [5, 5.41) is 5.77. The molecular weight excluding hydrogens is 386 g/mol. The van der Waals surface area contributed by atoms with Gasteiger partial charge in [0.2, 0.25) is 0 Å². The van der Waals surface area contributed by atoms with Crippen molar-refractivity contribution >= 4 is 17.7 Å². The molecule has 8 heteroatoms. The molecule has 0 fully saturated rings. The average molecular weight is 420 g/mol. The first kappa shape index (κ1) is 23.7. The van der Waals surface area contributed by atoms with Gasteiger partial charge in [0.1, 0.15) is 11.3 Å². The molecule has 166 valence electrons. The number of amides is 1. The summed E-state index contributed by atoms with van der Waals surface area (Å²) in [5.74, 6) is -0.655. The molecule has 0 spiro atoms. The number of esters is 1. The first-order chi connectivity index (χ1) is 14.3. The number of aromatic nitrogens is 1. The second-order valence-electron chi connectivity index (χ2n) is 8.10. The zero-order valence-electron chi connectivity index (χ0n) is 18.4. The van der Waals surface area contributed by atoms with Crippen LogP contribution < -0.4 is 10.6 Å². The second kappa shape index (κ2) is 11.5. The molecule has 8 nitrogen and oxygen atoms in total. The molecule has 30 heavy (non-hydrogen) atoms. The van der Waals surface area contributed by atoms with Gasteiger partial charge in [-0.15, -0.1) is 0 Å². The molecule has 1 amide bonds. The third kappa shape index (κ3) is 8.41. The number of alkyl carbamates (subject to hydrolysis) is 1. The van der Waals surface area contributed by atoms with Crippen molar-refractivity contribution in [1.29, 1.82) is 0 Å². The minimum absolute atomic E-state index is 0.00128. The normalized spacial score (nSPS) is 13.8. The molecule has 1 aliphatic rings. The first-order valence-corrected chi connectivity index (χ1v) is 10.4. The van der Waals surface area contributed by atoms with Gasteiger partial charge in [-0.1, -0.05) is 0 Å². The van der Waals surface area contributed by atoms with Crippen LogP contribution in [-0.2, 0) is 31.8 Å². The minimum atomic E-state index is -0.716. The Morgan fingerprint density at radius 3 is 2.80 bits per heavy atom. The number of rotatable bonds is 9. The maximum Gasteiger partial charge on any atom is 0.412 e. The molecule has 0 atom stereocenters. The Bertz CT molecular complexity index is 756. The van der Waals surface area contributed by atoms with E-state index >= 15 is 0 Å². The Kier molecular flexibility index (Phi) is 9.11. The fourth-order valence-electron chi connectivity index (χ4n) is 2.96. The maximum atomic E-state index is 11.9. The fraction of sp³-hybridized carbons (Fsp3) is 0.591. The molecule has 2 rings (SSSR count). The van der Waals surface area contributed by atoms with E-state index in [9.17, 15) is 9.59 Å². The lowest BCUT2D eigenvalue weighted by atomic mass is 10.1. The zero-order chi connectivity index (χ0) is 22.0. The van der Waals surface area contributed by atoms with E-state index in [-0.39, 0.29) is 12.3 Å². The van der Waals surface area contributed by atoms with Crippen LogP contribution in [0.5, 0.6) is 0 Å². The Labute approximate surface area is 178 Å². The van der Waals surface area contributed by atoms with E-state index in [0.717, 1.165) is 55.7 Å². The van der Waals surface area contributed by atoms with Crippen LogP contribution >= 0.6 is 0 Å². The number of hydrogen-bond acceptors (Lipinski definition) is 7. The highest BCUT2D eigenvalue weighted by atomic mass is 16.6. The van der Waals surface area contributed by atoms with Gasteiger partial charge < -0.3 is 19.5 Å². The van der Waals surface area contributed by atoms with E-state index in [2.05, 4.69) is 27.5 Å². The van der Waals surface area contributed by atoms with Gasteiger partial charge in [-0.2, -0.15) is 0 Å². The summed E-state index contributed by atoms with van der Waals surface area (Å²) in [6, 6.07) is 4.19. The van der Waals surface area contributed by atoms with Crippen molar-refractivity contribution < 1.29 is 23.8 Å². The number of fused-ring (bicyclic) bond motifs is 1. The lowest BCUT2D eigenvalue weighted by Crippen LogP contribution is -2.34. The van der Waals surface area contributed by atoms with Gasteiger partial charge in [-0.3, -0.25) is 10.3 Å². The molecule has 2 heterocycles. The van der Waals surface area contributed by atoms with Crippen molar-refractivity contribution in [1.82, 2.24) is 10.3 Å². The Morgan fingerprint density at radius 2 is 2.07 bits per heavy atom. The molecule has 0 unspecified atom stereocenters. The molecule has 0 radical (unpaired) electrons. The third-order valence-corrected chi connectivity index (χ3v) is 4.36. The summed E-state index contributed by atoms with van der Waals surface area (Å²) in [6.07, 6.45) is 5.66. The third-order valence-electron chi connectivity index (χ3n) is 4.36. The molecule has 0 bridgehead atoms. The van der Waals surface area contributed by atoms with Crippen LogP contribution in [-0.4, -0.2) is 49.5 Å². The predicted octanol–water partition coefficient (Wildman–Crippen LogP) is 3.36. The number of ether oxygens (including phenoxy) is 3. The predicted molar refractivity (Wildman–Crippen MR) is 114 cm³/mol. The Morgan fingerprint density at radius 1 is 1.27 bits per heavy atom. The number of carbonyl (C=O) groups is 2. The SMILES string of the molecule is COC(=O)C(=CCOCCCCc1ccc2c(n1)CCCN2)NC(=O)OC(C)(C)C. The van der Waals surface area contributed by atoms with Crippen LogP contribution in [0.3, 0.4) is 0 Å².